The molecular weight excluding hydrogens is 322 g/mol. The molecule has 1 aliphatic heterocycles. The molecule has 6 heteroatoms. The van der Waals surface area contributed by atoms with Crippen molar-refractivity contribution in [1.82, 2.24) is 4.90 Å². The quantitative estimate of drug-likeness (QED) is 0.558. The molecule has 1 unspecified atom stereocenters. The standard InChI is InChI=1S/C19H35NO5/c1-8-13(4)17(25-11-23-7)14(5)9-15(6)18(21)20-16(12(2)3)10-24-19(20)22/h12-17H,8-11H2,1-7H3/t13-,14-,15?,16+,17+/m0/s1. The largest absolute Gasteiger partial charge is 0.447 e. The van der Waals surface area contributed by atoms with Gasteiger partial charge in [0.1, 0.15) is 13.4 Å². The van der Waals surface area contributed by atoms with Gasteiger partial charge in [-0.15, -0.1) is 0 Å². The molecule has 1 saturated heterocycles. The average molecular weight is 357 g/mol. The summed E-state index contributed by atoms with van der Waals surface area (Å²) in [7, 11) is 1.61. The van der Waals surface area contributed by atoms with Gasteiger partial charge in [0.25, 0.3) is 0 Å². The Kier molecular flexibility index (Phi) is 8.86. The third kappa shape index (κ3) is 5.68. The van der Waals surface area contributed by atoms with E-state index in [1.807, 2.05) is 20.8 Å². The van der Waals surface area contributed by atoms with Crippen molar-refractivity contribution in [2.45, 2.75) is 66.5 Å². The van der Waals surface area contributed by atoms with Crippen LogP contribution in [0.25, 0.3) is 0 Å². The summed E-state index contributed by atoms with van der Waals surface area (Å²) in [6.07, 6.45) is 1.16. The molecule has 0 aliphatic carbocycles. The number of imide groups is 1. The van der Waals surface area contributed by atoms with Gasteiger partial charge in [-0.25, -0.2) is 9.69 Å². The van der Waals surface area contributed by atoms with Crippen molar-refractivity contribution in [3.8, 4) is 0 Å². The number of rotatable bonds is 10. The molecule has 0 radical (unpaired) electrons. The van der Waals surface area contributed by atoms with E-state index in [-0.39, 0.29) is 49.2 Å². The predicted octanol–water partition coefficient (Wildman–Crippen LogP) is 3.69. The lowest BCUT2D eigenvalue weighted by Gasteiger charge is -2.31. The van der Waals surface area contributed by atoms with Crippen LogP contribution >= 0.6 is 0 Å². The predicted molar refractivity (Wildman–Crippen MR) is 96.0 cm³/mol. The van der Waals surface area contributed by atoms with Gasteiger partial charge in [0.2, 0.25) is 5.91 Å². The Hall–Kier alpha value is -1.14. The topological polar surface area (TPSA) is 65.1 Å². The van der Waals surface area contributed by atoms with Crippen LogP contribution in [-0.2, 0) is 19.0 Å². The number of methoxy groups -OCH3 is 1. The van der Waals surface area contributed by atoms with Crippen molar-refractivity contribution >= 4 is 12.0 Å². The summed E-state index contributed by atoms with van der Waals surface area (Å²) in [4.78, 5) is 26.1. The van der Waals surface area contributed by atoms with Gasteiger partial charge in [0, 0.05) is 13.0 Å². The molecule has 0 bridgehead atoms. The molecule has 0 spiro atoms. The molecule has 146 valence electrons. The third-order valence-electron chi connectivity index (χ3n) is 5.20. The summed E-state index contributed by atoms with van der Waals surface area (Å²) in [5, 5.41) is 0. The first-order chi connectivity index (χ1) is 11.7. The molecule has 1 rings (SSSR count). The number of carbonyl (C=O) groups is 2. The monoisotopic (exact) mass is 357 g/mol. The van der Waals surface area contributed by atoms with E-state index in [1.54, 1.807) is 7.11 Å². The Labute approximate surface area is 152 Å². The summed E-state index contributed by atoms with van der Waals surface area (Å²) in [6.45, 7) is 12.8. The Morgan fingerprint density at radius 3 is 2.40 bits per heavy atom. The highest BCUT2D eigenvalue weighted by Crippen LogP contribution is 2.28. The van der Waals surface area contributed by atoms with Crippen LogP contribution in [-0.4, -0.2) is 49.6 Å². The molecule has 5 atom stereocenters. The summed E-state index contributed by atoms with van der Waals surface area (Å²) < 4.78 is 16.0. The van der Waals surface area contributed by atoms with Crippen molar-refractivity contribution in [2.75, 3.05) is 20.5 Å². The molecule has 1 fully saturated rings. The fourth-order valence-electron chi connectivity index (χ4n) is 3.48. The average Bonchev–Trinajstić information content (AvgIpc) is 2.95. The van der Waals surface area contributed by atoms with Crippen LogP contribution in [0.1, 0.15) is 54.4 Å². The molecule has 1 heterocycles. The minimum atomic E-state index is -0.516. The Bertz CT molecular complexity index is 440. The molecule has 6 nitrogen and oxygen atoms in total. The zero-order valence-corrected chi connectivity index (χ0v) is 16.8. The smallest absolute Gasteiger partial charge is 0.416 e. The van der Waals surface area contributed by atoms with E-state index in [0.717, 1.165) is 6.42 Å². The lowest BCUT2D eigenvalue weighted by molar-refractivity contribution is -0.136. The lowest BCUT2D eigenvalue weighted by atomic mass is 9.85. The van der Waals surface area contributed by atoms with Crippen molar-refractivity contribution < 1.29 is 23.8 Å². The fourth-order valence-corrected chi connectivity index (χ4v) is 3.48. The number of hydrogen-bond donors (Lipinski definition) is 0. The molecule has 0 saturated carbocycles. The molecule has 1 aliphatic rings. The van der Waals surface area contributed by atoms with Gasteiger partial charge < -0.3 is 14.2 Å². The van der Waals surface area contributed by atoms with Crippen molar-refractivity contribution in [2.24, 2.45) is 23.7 Å². The van der Waals surface area contributed by atoms with Gasteiger partial charge in [-0.05, 0) is 24.2 Å². The van der Waals surface area contributed by atoms with Crippen LogP contribution in [0.3, 0.4) is 0 Å². The fraction of sp³-hybridized carbons (Fsp3) is 0.895. The number of ether oxygens (including phenoxy) is 3. The van der Waals surface area contributed by atoms with E-state index in [9.17, 15) is 9.59 Å². The van der Waals surface area contributed by atoms with Crippen LogP contribution in [0.4, 0.5) is 4.79 Å². The van der Waals surface area contributed by atoms with Crippen LogP contribution in [0.5, 0.6) is 0 Å². The second-order valence-corrected chi connectivity index (χ2v) is 7.63. The van der Waals surface area contributed by atoms with Gasteiger partial charge in [-0.2, -0.15) is 0 Å². The summed E-state index contributed by atoms with van der Waals surface area (Å²) in [5.41, 5.74) is 0. The van der Waals surface area contributed by atoms with E-state index in [2.05, 4.69) is 20.8 Å². The van der Waals surface area contributed by atoms with Gasteiger partial charge >= 0.3 is 6.09 Å². The maximum Gasteiger partial charge on any atom is 0.416 e. The van der Waals surface area contributed by atoms with Gasteiger partial charge in [0.15, 0.2) is 0 Å². The Morgan fingerprint density at radius 1 is 1.24 bits per heavy atom. The first-order valence-electron chi connectivity index (χ1n) is 9.34. The van der Waals surface area contributed by atoms with Gasteiger partial charge in [-0.3, -0.25) is 4.79 Å². The van der Waals surface area contributed by atoms with E-state index in [4.69, 9.17) is 14.2 Å². The zero-order valence-electron chi connectivity index (χ0n) is 16.8. The minimum Gasteiger partial charge on any atom is -0.447 e. The van der Waals surface area contributed by atoms with Crippen LogP contribution in [0.15, 0.2) is 0 Å². The number of amides is 2. The lowest BCUT2D eigenvalue weighted by Crippen LogP contribution is -2.45. The highest BCUT2D eigenvalue weighted by molar-refractivity contribution is 5.94. The van der Waals surface area contributed by atoms with Crippen LogP contribution < -0.4 is 0 Å². The van der Waals surface area contributed by atoms with E-state index in [0.29, 0.717) is 12.3 Å². The SMILES string of the molecule is CC[C@H](C)[C@@H](OCOC)[C@@H](C)CC(C)C(=O)N1C(=O)OC[C@@H]1C(C)C. The summed E-state index contributed by atoms with van der Waals surface area (Å²) in [5.74, 6) is 0.313. The maximum absolute atomic E-state index is 12.8. The third-order valence-corrected chi connectivity index (χ3v) is 5.20. The second kappa shape index (κ2) is 10.1. The highest BCUT2D eigenvalue weighted by Gasteiger charge is 2.41. The molecule has 0 N–H and O–H groups in total. The molecule has 25 heavy (non-hydrogen) atoms. The number of carbonyl (C=O) groups excluding carboxylic acids is 2. The summed E-state index contributed by atoms with van der Waals surface area (Å²) in [6, 6.07) is -0.173. The molecule has 0 aromatic carbocycles. The van der Waals surface area contributed by atoms with Crippen molar-refractivity contribution in [3.05, 3.63) is 0 Å². The first kappa shape index (κ1) is 21.9. The normalized spacial score (nSPS) is 22.6. The Morgan fingerprint density at radius 2 is 1.88 bits per heavy atom. The maximum atomic E-state index is 12.8. The molecule has 0 aromatic heterocycles. The van der Waals surface area contributed by atoms with Crippen LogP contribution in [0.2, 0.25) is 0 Å². The number of hydrogen-bond acceptors (Lipinski definition) is 5. The molecule has 0 aromatic rings. The number of nitrogens with zero attached hydrogens (tertiary/aromatic N) is 1. The van der Waals surface area contributed by atoms with Gasteiger partial charge in [0.05, 0.1) is 12.1 Å². The van der Waals surface area contributed by atoms with Crippen molar-refractivity contribution in [1.29, 1.82) is 0 Å². The molecule has 2 amide bonds. The highest BCUT2D eigenvalue weighted by atomic mass is 16.7. The van der Waals surface area contributed by atoms with Crippen molar-refractivity contribution in [3.63, 3.8) is 0 Å². The van der Waals surface area contributed by atoms with Gasteiger partial charge in [-0.1, -0.05) is 48.0 Å². The minimum absolute atomic E-state index is 0.0200. The van der Waals surface area contributed by atoms with E-state index < -0.39 is 6.09 Å². The molecular formula is C19H35NO5. The summed E-state index contributed by atoms with van der Waals surface area (Å²) >= 11 is 0. The first-order valence-corrected chi connectivity index (χ1v) is 9.34. The second-order valence-electron chi connectivity index (χ2n) is 7.63. The van der Waals surface area contributed by atoms with E-state index >= 15 is 0 Å². The van der Waals surface area contributed by atoms with E-state index in [1.165, 1.54) is 4.90 Å². The van der Waals surface area contributed by atoms with Crippen LogP contribution in [0, 0.1) is 23.7 Å². The Balaban J connectivity index is 2.75. The zero-order chi connectivity index (χ0) is 19.1. The number of cyclic esters (lactones) is 1.